The van der Waals surface area contributed by atoms with E-state index in [1.54, 1.807) is 36.2 Å². The third kappa shape index (κ3) is 4.31. The highest BCUT2D eigenvalue weighted by Crippen LogP contribution is 2.32. The summed E-state index contributed by atoms with van der Waals surface area (Å²) in [6, 6.07) is 6.10. The normalized spacial score (nSPS) is 13.9. The van der Waals surface area contributed by atoms with Crippen molar-refractivity contribution in [3.8, 4) is 5.69 Å². The van der Waals surface area contributed by atoms with Gasteiger partial charge in [0.15, 0.2) is 4.34 Å². The number of benzene rings is 1. The number of carbonyl (C=O) groups excluding carboxylic acids is 2. The van der Waals surface area contributed by atoms with Gasteiger partial charge in [0.1, 0.15) is 6.54 Å². The minimum absolute atomic E-state index is 0.0561. The molecule has 0 aliphatic carbocycles. The van der Waals surface area contributed by atoms with E-state index >= 15 is 0 Å². The molecule has 156 valence electrons. The number of aromatic nitrogens is 4. The van der Waals surface area contributed by atoms with E-state index in [4.69, 9.17) is 0 Å². The van der Waals surface area contributed by atoms with Crippen LogP contribution < -0.4 is 10.2 Å². The summed E-state index contributed by atoms with van der Waals surface area (Å²) in [5, 5.41) is 11.5. The maximum absolute atomic E-state index is 12.5. The number of rotatable bonds is 7. The molecule has 0 radical (unpaired) electrons. The monoisotopic (exact) mass is 443 g/mol. The Morgan fingerprint density at radius 3 is 2.90 bits per heavy atom. The van der Waals surface area contributed by atoms with Gasteiger partial charge in [0.2, 0.25) is 11.0 Å². The summed E-state index contributed by atoms with van der Waals surface area (Å²) in [7, 11) is 1.56. The SMILES string of the molecule is CNC(=O)CN1CCN(c2nnc(SCc3ccc(-n4ccnc4)cc3C)s2)C1=O. The van der Waals surface area contributed by atoms with Gasteiger partial charge in [-0.3, -0.25) is 9.69 Å². The number of nitrogens with zero attached hydrogens (tertiary/aromatic N) is 6. The molecule has 3 heterocycles. The zero-order valence-electron chi connectivity index (χ0n) is 16.6. The Morgan fingerprint density at radius 2 is 2.17 bits per heavy atom. The fourth-order valence-electron chi connectivity index (χ4n) is 3.08. The van der Waals surface area contributed by atoms with Crippen molar-refractivity contribution in [2.75, 3.05) is 31.6 Å². The van der Waals surface area contributed by atoms with Crippen molar-refractivity contribution in [1.29, 1.82) is 0 Å². The minimum Gasteiger partial charge on any atom is -0.358 e. The summed E-state index contributed by atoms with van der Waals surface area (Å²) in [6.07, 6.45) is 5.46. The Kier molecular flexibility index (Phi) is 6.00. The summed E-state index contributed by atoms with van der Waals surface area (Å²) >= 11 is 2.99. The molecule has 11 heteroatoms. The van der Waals surface area contributed by atoms with Gasteiger partial charge in [0.25, 0.3) is 0 Å². The number of thioether (sulfide) groups is 1. The van der Waals surface area contributed by atoms with Gasteiger partial charge >= 0.3 is 6.03 Å². The molecular formula is C19H21N7O2S2. The first kappa shape index (κ1) is 20.4. The highest BCUT2D eigenvalue weighted by Gasteiger charge is 2.32. The molecule has 3 amide bonds. The number of anilines is 1. The van der Waals surface area contributed by atoms with Crippen molar-refractivity contribution in [1.82, 2.24) is 30.0 Å². The van der Waals surface area contributed by atoms with Gasteiger partial charge in [0, 0.05) is 44.0 Å². The Bertz CT molecular complexity index is 1050. The number of nitrogens with one attached hydrogen (secondary N) is 1. The lowest BCUT2D eigenvalue weighted by atomic mass is 10.1. The molecule has 9 nitrogen and oxygen atoms in total. The summed E-state index contributed by atoms with van der Waals surface area (Å²) < 4.78 is 2.78. The van der Waals surface area contributed by atoms with E-state index < -0.39 is 0 Å². The average molecular weight is 444 g/mol. The number of hydrogen-bond donors (Lipinski definition) is 1. The first-order chi connectivity index (χ1) is 14.5. The van der Waals surface area contributed by atoms with Gasteiger partial charge in [-0.15, -0.1) is 10.2 Å². The van der Waals surface area contributed by atoms with E-state index in [0.717, 1.165) is 15.8 Å². The first-order valence-corrected chi connectivity index (χ1v) is 11.2. The summed E-state index contributed by atoms with van der Waals surface area (Å²) in [5.74, 6) is 0.578. The minimum atomic E-state index is -0.211. The quantitative estimate of drug-likeness (QED) is 0.445. The zero-order chi connectivity index (χ0) is 21.1. The third-order valence-corrected chi connectivity index (χ3v) is 6.94. The van der Waals surface area contributed by atoms with Gasteiger partial charge < -0.3 is 14.8 Å². The summed E-state index contributed by atoms with van der Waals surface area (Å²) in [5.41, 5.74) is 3.48. The van der Waals surface area contributed by atoms with Crippen LogP contribution in [0.5, 0.6) is 0 Å². The summed E-state index contributed by atoms with van der Waals surface area (Å²) in [4.78, 5) is 31.2. The van der Waals surface area contributed by atoms with Crippen LogP contribution in [-0.2, 0) is 10.5 Å². The van der Waals surface area contributed by atoms with Crippen molar-refractivity contribution < 1.29 is 9.59 Å². The average Bonchev–Trinajstić information content (AvgIpc) is 3.49. The predicted octanol–water partition coefficient (Wildman–Crippen LogP) is 2.31. The molecule has 0 spiro atoms. The smallest absolute Gasteiger partial charge is 0.326 e. The number of carbonyl (C=O) groups is 2. The van der Waals surface area contributed by atoms with Crippen LogP contribution in [0, 0.1) is 6.92 Å². The van der Waals surface area contributed by atoms with E-state index in [9.17, 15) is 9.59 Å². The second-order valence-electron chi connectivity index (χ2n) is 6.75. The molecule has 0 atom stereocenters. The van der Waals surface area contributed by atoms with E-state index in [1.807, 2.05) is 10.8 Å². The van der Waals surface area contributed by atoms with Crippen molar-refractivity contribution in [2.24, 2.45) is 0 Å². The van der Waals surface area contributed by atoms with E-state index in [2.05, 4.69) is 45.6 Å². The maximum atomic E-state index is 12.5. The number of imidazole rings is 1. The van der Waals surface area contributed by atoms with Crippen LogP contribution in [0.1, 0.15) is 11.1 Å². The highest BCUT2D eigenvalue weighted by atomic mass is 32.2. The zero-order valence-corrected chi connectivity index (χ0v) is 18.2. The van der Waals surface area contributed by atoms with Crippen LogP contribution in [-0.4, -0.2) is 63.3 Å². The van der Waals surface area contributed by atoms with Crippen LogP contribution in [0.3, 0.4) is 0 Å². The molecule has 30 heavy (non-hydrogen) atoms. The lowest BCUT2D eigenvalue weighted by Crippen LogP contribution is -2.38. The number of amides is 3. The van der Waals surface area contributed by atoms with E-state index in [0.29, 0.717) is 18.2 Å². The third-order valence-electron chi connectivity index (χ3n) is 4.81. The largest absolute Gasteiger partial charge is 0.358 e. The molecule has 4 rings (SSSR count). The Hall–Kier alpha value is -2.92. The second-order valence-corrected chi connectivity index (χ2v) is 8.93. The molecule has 0 unspecified atom stereocenters. The molecule has 2 aromatic heterocycles. The van der Waals surface area contributed by atoms with Crippen LogP contribution in [0.25, 0.3) is 5.69 Å². The molecule has 1 aromatic carbocycles. The van der Waals surface area contributed by atoms with E-state index in [1.165, 1.54) is 27.4 Å². The van der Waals surface area contributed by atoms with Crippen molar-refractivity contribution in [2.45, 2.75) is 17.0 Å². The van der Waals surface area contributed by atoms with Crippen LogP contribution in [0.4, 0.5) is 9.93 Å². The van der Waals surface area contributed by atoms with Gasteiger partial charge in [-0.1, -0.05) is 29.2 Å². The lowest BCUT2D eigenvalue weighted by Gasteiger charge is -2.15. The molecule has 0 saturated carbocycles. The number of hydrogen-bond acceptors (Lipinski definition) is 7. The molecule has 1 fully saturated rings. The standard InChI is InChI=1S/C19H21N7O2S2/c1-13-9-15(25-6-5-21-12-25)4-3-14(13)11-29-18-23-22-17(30-18)26-8-7-24(19(26)28)10-16(27)20-2/h3-6,9,12H,7-8,10-11H2,1-2H3,(H,20,27). The van der Waals surface area contributed by atoms with Gasteiger partial charge in [-0.05, 0) is 30.2 Å². The molecule has 3 aromatic rings. The van der Waals surface area contributed by atoms with Crippen LogP contribution in [0.15, 0.2) is 41.3 Å². The Morgan fingerprint density at radius 1 is 1.30 bits per heavy atom. The van der Waals surface area contributed by atoms with Crippen LogP contribution >= 0.6 is 23.1 Å². The van der Waals surface area contributed by atoms with E-state index in [-0.39, 0.29) is 18.5 Å². The van der Waals surface area contributed by atoms with Crippen molar-refractivity contribution in [3.63, 3.8) is 0 Å². The highest BCUT2D eigenvalue weighted by molar-refractivity contribution is 8.00. The number of likely N-dealkylation sites (N-methyl/N-ethyl adjacent to an activating group) is 1. The number of aryl methyl sites for hydroxylation is 1. The Balaban J connectivity index is 1.37. The van der Waals surface area contributed by atoms with Gasteiger partial charge in [-0.25, -0.2) is 9.78 Å². The lowest BCUT2D eigenvalue weighted by molar-refractivity contribution is -0.121. The molecule has 1 aliphatic heterocycles. The second kappa shape index (κ2) is 8.84. The van der Waals surface area contributed by atoms with Gasteiger partial charge in [-0.2, -0.15) is 0 Å². The molecule has 1 aliphatic rings. The molecular weight excluding hydrogens is 422 g/mol. The molecule has 1 saturated heterocycles. The Labute approximate surface area is 182 Å². The number of urea groups is 1. The maximum Gasteiger partial charge on any atom is 0.326 e. The van der Waals surface area contributed by atoms with Gasteiger partial charge in [0.05, 0.1) is 6.33 Å². The van der Waals surface area contributed by atoms with Crippen molar-refractivity contribution in [3.05, 3.63) is 48.0 Å². The van der Waals surface area contributed by atoms with Crippen molar-refractivity contribution >= 4 is 40.2 Å². The first-order valence-electron chi connectivity index (χ1n) is 9.36. The summed E-state index contributed by atoms with van der Waals surface area (Å²) in [6.45, 7) is 3.15. The fraction of sp³-hybridized carbons (Fsp3) is 0.316. The predicted molar refractivity (Wildman–Crippen MR) is 116 cm³/mol. The molecule has 1 N–H and O–H groups in total. The topological polar surface area (TPSA) is 96.2 Å². The fourth-order valence-corrected chi connectivity index (χ4v) is 5.02. The van der Waals surface area contributed by atoms with Crippen LogP contribution in [0.2, 0.25) is 0 Å². The molecule has 0 bridgehead atoms.